The van der Waals surface area contributed by atoms with Gasteiger partial charge in [0.05, 0.1) is 0 Å². The van der Waals surface area contributed by atoms with E-state index >= 15 is 0 Å². The molecule has 2 heterocycles. The van der Waals surface area contributed by atoms with Crippen molar-refractivity contribution < 1.29 is 19.4 Å². The van der Waals surface area contributed by atoms with Gasteiger partial charge in [-0.2, -0.15) is 0 Å². The molecule has 2 atom stereocenters. The predicted molar refractivity (Wildman–Crippen MR) is 126 cm³/mol. The molecule has 2 aliphatic heterocycles. The quantitative estimate of drug-likeness (QED) is 0.519. The first-order valence-electron chi connectivity index (χ1n) is 11.2. The van der Waals surface area contributed by atoms with Gasteiger partial charge in [0, 0.05) is 34.3 Å². The maximum absolute atomic E-state index is 12.6. The number of aliphatic hydroxyl groups is 1. The van der Waals surface area contributed by atoms with Gasteiger partial charge >= 0.3 is 6.09 Å². The maximum atomic E-state index is 12.6. The molecule has 7 heteroatoms. The minimum absolute atomic E-state index is 0.318. The third kappa shape index (κ3) is 4.45. The van der Waals surface area contributed by atoms with Crippen LogP contribution < -0.4 is 0 Å². The molecule has 1 amide bonds. The zero-order valence-electron chi connectivity index (χ0n) is 19.1. The number of likely N-dealkylation sites (tertiary alicyclic amines) is 1. The van der Waals surface area contributed by atoms with E-state index in [1.165, 1.54) is 0 Å². The molecule has 174 valence electrons. The topological polar surface area (TPSA) is 59.0 Å². The van der Waals surface area contributed by atoms with Crippen LogP contribution in [0.2, 0.25) is 10.0 Å². The van der Waals surface area contributed by atoms with Gasteiger partial charge in [0.1, 0.15) is 11.2 Å². The Morgan fingerprint density at radius 1 is 1.16 bits per heavy atom. The summed E-state index contributed by atoms with van der Waals surface area (Å²) in [5.41, 5.74) is 1.08. The van der Waals surface area contributed by atoms with Gasteiger partial charge in [-0.15, -0.1) is 0 Å². The minimum atomic E-state index is -1.64. The number of amides is 1. The lowest BCUT2D eigenvalue weighted by Crippen LogP contribution is -2.49. The van der Waals surface area contributed by atoms with E-state index in [0.717, 1.165) is 24.0 Å². The number of rotatable bonds is 1. The van der Waals surface area contributed by atoms with Gasteiger partial charge < -0.3 is 19.5 Å². The van der Waals surface area contributed by atoms with Crippen molar-refractivity contribution in [2.75, 3.05) is 13.1 Å². The number of hydrogen-bond acceptors (Lipinski definition) is 4. The highest BCUT2D eigenvalue weighted by Crippen LogP contribution is 2.56. The molecule has 32 heavy (non-hydrogen) atoms. The Labute approximate surface area is 200 Å². The molecule has 3 aliphatic rings. The molecule has 1 aromatic rings. The zero-order chi connectivity index (χ0) is 23.3. The number of piperidine rings is 1. The number of hydrogen-bond donors (Lipinski definition) is 1. The van der Waals surface area contributed by atoms with Gasteiger partial charge in [-0.25, -0.2) is 4.79 Å². The van der Waals surface area contributed by atoms with E-state index in [2.05, 4.69) is 19.1 Å². The summed E-state index contributed by atoms with van der Waals surface area (Å²) in [6.07, 6.45) is 6.97. The van der Waals surface area contributed by atoms with Crippen molar-refractivity contribution in [3.63, 3.8) is 0 Å². The Morgan fingerprint density at radius 2 is 1.78 bits per heavy atom. The van der Waals surface area contributed by atoms with Crippen molar-refractivity contribution in [1.82, 2.24) is 4.90 Å². The summed E-state index contributed by atoms with van der Waals surface area (Å²) < 4.78 is 12.1. The van der Waals surface area contributed by atoms with E-state index in [1.54, 1.807) is 23.1 Å². The van der Waals surface area contributed by atoms with Crippen LogP contribution in [0.5, 0.6) is 0 Å². The molecule has 1 spiro atoms. The summed E-state index contributed by atoms with van der Waals surface area (Å²) >= 11 is 12.5. The summed E-state index contributed by atoms with van der Waals surface area (Å²) in [5.74, 6) is -1.29. The van der Waals surface area contributed by atoms with Crippen LogP contribution in [0.1, 0.15) is 58.9 Å². The number of ether oxygens (including phenoxy) is 2. The van der Waals surface area contributed by atoms with E-state index in [-0.39, 0.29) is 6.09 Å². The second-order valence-electron chi connectivity index (χ2n) is 10.1. The second kappa shape index (κ2) is 8.35. The molecule has 1 N–H and O–H groups in total. The number of nitrogens with zero attached hydrogens (tertiary/aromatic N) is 1. The van der Waals surface area contributed by atoms with Crippen molar-refractivity contribution in [2.45, 2.75) is 70.4 Å². The molecule has 2 unspecified atom stereocenters. The predicted octanol–water partition coefficient (Wildman–Crippen LogP) is 6.22. The Balaban J connectivity index is 1.69. The van der Waals surface area contributed by atoms with E-state index in [1.807, 2.05) is 20.8 Å². The van der Waals surface area contributed by atoms with Crippen LogP contribution in [-0.4, -0.2) is 40.4 Å². The summed E-state index contributed by atoms with van der Waals surface area (Å²) in [5, 5.41) is 12.8. The first kappa shape index (κ1) is 23.6. The molecular weight excluding hydrogens is 449 g/mol. The highest BCUT2D eigenvalue weighted by atomic mass is 35.5. The van der Waals surface area contributed by atoms with Crippen molar-refractivity contribution >= 4 is 29.3 Å². The van der Waals surface area contributed by atoms with Gasteiger partial charge in [-0.1, -0.05) is 42.3 Å². The van der Waals surface area contributed by atoms with E-state index in [0.29, 0.717) is 47.5 Å². The third-order valence-electron chi connectivity index (χ3n) is 6.39. The number of benzene rings is 1. The first-order chi connectivity index (χ1) is 14.9. The Kier molecular flexibility index (Phi) is 6.17. The smallest absolute Gasteiger partial charge is 0.410 e. The molecule has 2 saturated heterocycles. The molecule has 2 fully saturated rings. The summed E-state index contributed by atoms with van der Waals surface area (Å²) in [7, 11) is 0. The normalized spacial score (nSPS) is 27.5. The Bertz CT molecular complexity index is 952. The first-order valence-corrected chi connectivity index (χ1v) is 12.0. The summed E-state index contributed by atoms with van der Waals surface area (Å²) in [6.45, 7) is 8.74. The lowest BCUT2D eigenvalue weighted by Gasteiger charge is -2.40. The number of allylic oxidation sites excluding steroid dienone is 2. The number of carbonyl (C=O) groups excluding carboxylic acids is 1. The van der Waals surface area contributed by atoms with Crippen molar-refractivity contribution in [3.8, 4) is 0 Å². The van der Waals surface area contributed by atoms with Crippen LogP contribution in [0.4, 0.5) is 4.79 Å². The summed E-state index contributed by atoms with van der Waals surface area (Å²) in [6, 6.07) is 5.05. The molecule has 0 aromatic heterocycles. The molecule has 1 aliphatic carbocycles. The Hall–Kier alpha value is -1.53. The minimum Gasteiger partial charge on any atom is -0.444 e. The van der Waals surface area contributed by atoms with E-state index in [4.69, 9.17) is 32.7 Å². The number of carbonyl (C=O) groups is 1. The van der Waals surface area contributed by atoms with Crippen LogP contribution in [-0.2, 0) is 15.3 Å². The molecule has 0 saturated carbocycles. The van der Waals surface area contributed by atoms with E-state index < -0.39 is 17.0 Å². The molecule has 0 bridgehead atoms. The standard InChI is InChI=1S/C25H31Cl2NO4/c1-16-6-5-7-20-21(12-16)24(8-10-28(11-9-24)22(29)31-23(2,3)4)32-25(20,30)17-13-18(26)15-19(27)14-17/h7,12-16,30H,5-6,8-11H2,1-4H3. The average molecular weight is 480 g/mol. The van der Waals surface area contributed by atoms with Crippen molar-refractivity contribution in [2.24, 2.45) is 5.92 Å². The lowest BCUT2D eigenvalue weighted by molar-refractivity contribution is -0.222. The highest BCUT2D eigenvalue weighted by molar-refractivity contribution is 6.34. The van der Waals surface area contributed by atoms with Gasteiger partial charge in [0.25, 0.3) is 0 Å². The third-order valence-corrected chi connectivity index (χ3v) is 6.82. The molecule has 4 rings (SSSR count). The molecule has 5 nitrogen and oxygen atoms in total. The molecular formula is C25H31Cl2NO4. The van der Waals surface area contributed by atoms with Crippen molar-refractivity contribution in [1.29, 1.82) is 0 Å². The van der Waals surface area contributed by atoms with Crippen LogP contribution >= 0.6 is 23.2 Å². The zero-order valence-corrected chi connectivity index (χ0v) is 20.6. The second-order valence-corrected chi connectivity index (χ2v) is 11.0. The van der Waals surface area contributed by atoms with Gasteiger partial charge in [0.2, 0.25) is 5.79 Å². The van der Waals surface area contributed by atoms with Gasteiger partial charge in [0.15, 0.2) is 0 Å². The van der Waals surface area contributed by atoms with Crippen LogP contribution in [0.25, 0.3) is 0 Å². The van der Waals surface area contributed by atoms with Gasteiger partial charge in [-0.05, 0) is 76.1 Å². The number of fused-ring (bicyclic) bond motifs is 2. The SMILES string of the molecule is CC1C=C2C(=CCC1)C(O)(c1cc(Cl)cc(Cl)c1)OC21CCN(C(=O)OC(C)(C)C)CC1. The summed E-state index contributed by atoms with van der Waals surface area (Å²) in [4.78, 5) is 14.3. The highest BCUT2D eigenvalue weighted by Gasteiger charge is 2.57. The fourth-order valence-electron chi connectivity index (χ4n) is 4.88. The van der Waals surface area contributed by atoms with Gasteiger partial charge in [-0.3, -0.25) is 0 Å². The van der Waals surface area contributed by atoms with E-state index in [9.17, 15) is 9.90 Å². The lowest BCUT2D eigenvalue weighted by atomic mass is 9.80. The monoisotopic (exact) mass is 479 g/mol. The maximum Gasteiger partial charge on any atom is 0.410 e. The fourth-order valence-corrected chi connectivity index (χ4v) is 5.41. The van der Waals surface area contributed by atoms with Crippen LogP contribution in [0.3, 0.4) is 0 Å². The largest absolute Gasteiger partial charge is 0.444 e. The van der Waals surface area contributed by atoms with Crippen LogP contribution in [0.15, 0.2) is 41.5 Å². The number of halogens is 2. The fraction of sp³-hybridized carbons (Fsp3) is 0.560. The average Bonchev–Trinajstić information content (AvgIpc) is 2.80. The molecule has 1 aromatic carbocycles. The van der Waals surface area contributed by atoms with Crippen LogP contribution in [0, 0.1) is 5.92 Å². The van der Waals surface area contributed by atoms with Crippen molar-refractivity contribution in [3.05, 3.63) is 57.1 Å². The Morgan fingerprint density at radius 3 is 2.38 bits per heavy atom. The molecule has 0 radical (unpaired) electrons.